The van der Waals surface area contributed by atoms with Gasteiger partial charge in [-0.3, -0.25) is 0 Å². The molecule has 0 bridgehead atoms. The average molecular weight is 221 g/mol. The Morgan fingerprint density at radius 1 is 1.31 bits per heavy atom. The molecule has 0 aliphatic carbocycles. The number of nitrogens with one attached hydrogen (secondary N) is 1. The van der Waals surface area contributed by atoms with Gasteiger partial charge in [-0.05, 0) is 12.1 Å². The number of hydrogen-bond donors (Lipinski definition) is 1. The molecule has 0 unspecified atom stereocenters. The van der Waals surface area contributed by atoms with Crippen LogP contribution < -0.4 is 5.32 Å². The molecule has 0 aliphatic heterocycles. The monoisotopic (exact) mass is 221 g/mol. The first kappa shape index (κ1) is 10.9. The van der Waals surface area contributed by atoms with Gasteiger partial charge >= 0.3 is 0 Å². The maximum absolute atomic E-state index is 5.56. The second kappa shape index (κ2) is 5.46. The molecule has 0 aromatic carbocycles. The Bertz CT molecular complexity index is 409. The zero-order valence-corrected chi connectivity index (χ0v) is 9.27. The fourth-order valence-electron chi connectivity index (χ4n) is 1.42. The number of rotatable bonds is 6. The predicted molar refractivity (Wildman–Crippen MR) is 57.8 cm³/mol. The second-order valence-corrected chi connectivity index (χ2v) is 3.48. The molecule has 0 atom stereocenters. The lowest BCUT2D eigenvalue weighted by Crippen LogP contribution is -2.16. The SMILES string of the molecule is CCc1ccc(CNCCc2ncno2)o1. The number of aromatic nitrogens is 2. The highest BCUT2D eigenvalue weighted by molar-refractivity contribution is 5.06. The maximum atomic E-state index is 5.56. The molecule has 2 aromatic heterocycles. The van der Waals surface area contributed by atoms with E-state index in [-0.39, 0.29) is 0 Å². The van der Waals surface area contributed by atoms with Crippen LogP contribution >= 0.6 is 0 Å². The summed E-state index contributed by atoms with van der Waals surface area (Å²) >= 11 is 0. The third-order valence-corrected chi connectivity index (χ3v) is 2.29. The molecule has 0 aliphatic rings. The fraction of sp³-hybridized carbons (Fsp3) is 0.455. The molecular formula is C11H15N3O2. The first-order chi connectivity index (χ1) is 7.88. The van der Waals surface area contributed by atoms with Crippen LogP contribution in [0.2, 0.25) is 0 Å². The minimum absolute atomic E-state index is 0.654. The van der Waals surface area contributed by atoms with Crippen molar-refractivity contribution in [2.24, 2.45) is 0 Å². The minimum Gasteiger partial charge on any atom is -0.465 e. The smallest absolute Gasteiger partial charge is 0.227 e. The van der Waals surface area contributed by atoms with Crippen molar-refractivity contribution in [3.8, 4) is 0 Å². The van der Waals surface area contributed by atoms with Crippen LogP contribution in [0.3, 0.4) is 0 Å². The molecule has 0 amide bonds. The van der Waals surface area contributed by atoms with Crippen LogP contribution in [0.4, 0.5) is 0 Å². The Labute approximate surface area is 93.8 Å². The predicted octanol–water partition coefficient (Wildman–Crippen LogP) is 1.56. The molecule has 0 spiro atoms. The highest BCUT2D eigenvalue weighted by Gasteiger charge is 2.01. The molecule has 86 valence electrons. The number of furan rings is 1. The normalized spacial score (nSPS) is 10.8. The topological polar surface area (TPSA) is 64.1 Å². The Hall–Kier alpha value is -1.62. The van der Waals surface area contributed by atoms with Crippen LogP contribution in [0.1, 0.15) is 24.3 Å². The zero-order chi connectivity index (χ0) is 11.2. The van der Waals surface area contributed by atoms with Crippen molar-refractivity contribution >= 4 is 0 Å². The van der Waals surface area contributed by atoms with E-state index in [1.54, 1.807) is 0 Å². The van der Waals surface area contributed by atoms with E-state index >= 15 is 0 Å². The van der Waals surface area contributed by atoms with Gasteiger partial charge in [0.2, 0.25) is 5.89 Å². The van der Waals surface area contributed by atoms with Crippen LogP contribution in [0, 0.1) is 0 Å². The van der Waals surface area contributed by atoms with Crippen LogP contribution in [-0.4, -0.2) is 16.7 Å². The van der Waals surface area contributed by atoms with Crippen molar-refractivity contribution in [3.63, 3.8) is 0 Å². The molecule has 0 saturated heterocycles. The lowest BCUT2D eigenvalue weighted by molar-refractivity contribution is 0.373. The minimum atomic E-state index is 0.654. The van der Waals surface area contributed by atoms with E-state index in [1.807, 2.05) is 12.1 Å². The van der Waals surface area contributed by atoms with Crippen LogP contribution in [0.5, 0.6) is 0 Å². The van der Waals surface area contributed by atoms with E-state index in [0.717, 1.165) is 37.5 Å². The Morgan fingerprint density at radius 3 is 2.88 bits per heavy atom. The van der Waals surface area contributed by atoms with Crippen LogP contribution in [0.15, 0.2) is 27.4 Å². The van der Waals surface area contributed by atoms with Crippen molar-refractivity contribution < 1.29 is 8.94 Å². The van der Waals surface area contributed by atoms with E-state index < -0.39 is 0 Å². The number of hydrogen-bond acceptors (Lipinski definition) is 5. The van der Waals surface area contributed by atoms with Crippen molar-refractivity contribution in [2.45, 2.75) is 26.3 Å². The molecule has 5 heteroatoms. The van der Waals surface area contributed by atoms with E-state index in [2.05, 4.69) is 22.4 Å². The summed E-state index contributed by atoms with van der Waals surface area (Å²) in [5.74, 6) is 2.64. The summed E-state index contributed by atoms with van der Waals surface area (Å²) < 4.78 is 10.4. The first-order valence-corrected chi connectivity index (χ1v) is 5.42. The Balaban J connectivity index is 1.68. The highest BCUT2D eigenvalue weighted by atomic mass is 16.5. The van der Waals surface area contributed by atoms with Gasteiger partial charge in [-0.15, -0.1) is 0 Å². The number of aryl methyl sites for hydroxylation is 1. The van der Waals surface area contributed by atoms with Gasteiger partial charge in [0, 0.05) is 19.4 Å². The van der Waals surface area contributed by atoms with Gasteiger partial charge in [0.15, 0.2) is 6.33 Å². The van der Waals surface area contributed by atoms with Gasteiger partial charge in [-0.25, -0.2) is 0 Å². The maximum Gasteiger partial charge on any atom is 0.227 e. The van der Waals surface area contributed by atoms with Crippen molar-refractivity contribution in [3.05, 3.63) is 35.9 Å². The van der Waals surface area contributed by atoms with Crippen LogP contribution in [0.25, 0.3) is 0 Å². The van der Waals surface area contributed by atoms with E-state index in [4.69, 9.17) is 8.94 Å². The third kappa shape index (κ3) is 2.93. The van der Waals surface area contributed by atoms with Gasteiger partial charge in [-0.2, -0.15) is 4.98 Å². The van der Waals surface area contributed by atoms with Crippen molar-refractivity contribution in [2.75, 3.05) is 6.54 Å². The van der Waals surface area contributed by atoms with Gasteiger partial charge in [0.25, 0.3) is 0 Å². The van der Waals surface area contributed by atoms with Gasteiger partial charge < -0.3 is 14.3 Å². The fourth-order valence-corrected chi connectivity index (χ4v) is 1.42. The molecule has 16 heavy (non-hydrogen) atoms. The summed E-state index contributed by atoms with van der Waals surface area (Å²) in [5, 5.41) is 6.80. The Kier molecular flexibility index (Phi) is 3.71. The lowest BCUT2D eigenvalue weighted by Gasteiger charge is -1.99. The third-order valence-electron chi connectivity index (χ3n) is 2.29. The zero-order valence-electron chi connectivity index (χ0n) is 9.27. The number of nitrogens with zero attached hydrogens (tertiary/aromatic N) is 2. The highest BCUT2D eigenvalue weighted by Crippen LogP contribution is 2.07. The quantitative estimate of drug-likeness (QED) is 0.750. The molecule has 2 heterocycles. The average Bonchev–Trinajstić information content (AvgIpc) is 2.95. The summed E-state index contributed by atoms with van der Waals surface area (Å²) in [5.41, 5.74) is 0. The van der Waals surface area contributed by atoms with Gasteiger partial charge in [0.1, 0.15) is 11.5 Å². The molecule has 5 nitrogen and oxygen atoms in total. The molecular weight excluding hydrogens is 206 g/mol. The summed E-state index contributed by atoms with van der Waals surface area (Å²) in [6.45, 7) is 3.60. The summed E-state index contributed by atoms with van der Waals surface area (Å²) in [6.07, 6.45) is 3.08. The first-order valence-electron chi connectivity index (χ1n) is 5.42. The summed E-state index contributed by atoms with van der Waals surface area (Å²) in [7, 11) is 0. The Morgan fingerprint density at radius 2 is 2.19 bits per heavy atom. The largest absolute Gasteiger partial charge is 0.465 e. The molecule has 2 rings (SSSR count). The van der Waals surface area contributed by atoms with E-state index in [9.17, 15) is 0 Å². The summed E-state index contributed by atoms with van der Waals surface area (Å²) in [6, 6.07) is 4.01. The molecule has 0 fully saturated rings. The molecule has 0 saturated carbocycles. The van der Waals surface area contributed by atoms with E-state index in [0.29, 0.717) is 5.89 Å². The second-order valence-electron chi connectivity index (χ2n) is 3.48. The van der Waals surface area contributed by atoms with Crippen molar-refractivity contribution in [1.29, 1.82) is 0 Å². The summed E-state index contributed by atoms with van der Waals surface area (Å²) in [4.78, 5) is 3.94. The van der Waals surface area contributed by atoms with E-state index in [1.165, 1.54) is 6.33 Å². The lowest BCUT2D eigenvalue weighted by atomic mass is 10.3. The molecule has 0 radical (unpaired) electrons. The standard InChI is InChI=1S/C11H15N3O2/c1-2-9-3-4-10(15-9)7-12-6-5-11-13-8-14-16-11/h3-4,8,12H,2,5-7H2,1H3. The van der Waals surface area contributed by atoms with Gasteiger partial charge in [0.05, 0.1) is 6.54 Å². The van der Waals surface area contributed by atoms with Crippen LogP contribution in [-0.2, 0) is 19.4 Å². The van der Waals surface area contributed by atoms with Gasteiger partial charge in [-0.1, -0.05) is 12.1 Å². The van der Waals surface area contributed by atoms with Crippen molar-refractivity contribution in [1.82, 2.24) is 15.5 Å². The molecule has 1 N–H and O–H groups in total. The molecule has 2 aromatic rings.